The van der Waals surface area contributed by atoms with E-state index >= 15 is 0 Å². The number of sulfone groups is 1. The van der Waals surface area contributed by atoms with Crippen LogP contribution in [-0.2, 0) is 14.6 Å². The number of aromatic nitrogens is 2. The summed E-state index contributed by atoms with van der Waals surface area (Å²) in [6, 6.07) is 9.98. The second-order valence-electron chi connectivity index (χ2n) is 6.30. The normalized spacial score (nSPS) is 11.2. The number of hydrogen-bond donors (Lipinski definition) is 0. The second kappa shape index (κ2) is 9.11. The van der Waals surface area contributed by atoms with Crippen molar-refractivity contribution in [2.24, 2.45) is 0 Å². The summed E-state index contributed by atoms with van der Waals surface area (Å²) < 4.78 is 24.8. The predicted octanol–water partition coefficient (Wildman–Crippen LogP) is 4.63. The molecule has 0 bridgehead atoms. The molecule has 0 fully saturated rings. The van der Waals surface area contributed by atoms with Gasteiger partial charge in [0.15, 0.2) is 15.0 Å². The first-order chi connectivity index (χ1) is 14.0. The Morgan fingerprint density at radius 3 is 2.48 bits per heavy atom. The first-order valence-corrected chi connectivity index (χ1v) is 11.6. The van der Waals surface area contributed by atoms with Gasteiger partial charge in [-0.25, -0.2) is 13.4 Å². The van der Waals surface area contributed by atoms with Crippen LogP contribution in [0.5, 0.6) is 0 Å². The number of carbonyl (C=O) groups is 1. The van der Waals surface area contributed by atoms with E-state index in [1.807, 2.05) is 24.4 Å². The van der Waals surface area contributed by atoms with E-state index in [1.165, 1.54) is 34.4 Å². The molecule has 0 N–H and O–H groups in total. The Labute approximate surface area is 174 Å². The van der Waals surface area contributed by atoms with Crippen LogP contribution in [0.4, 0.5) is 10.8 Å². The third-order valence-electron chi connectivity index (χ3n) is 4.28. The van der Waals surface area contributed by atoms with Gasteiger partial charge in [0.1, 0.15) is 0 Å². The van der Waals surface area contributed by atoms with Crippen molar-refractivity contribution < 1.29 is 13.2 Å². The van der Waals surface area contributed by atoms with E-state index < -0.39 is 9.84 Å². The van der Waals surface area contributed by atoms with Crippen molar-refractivity contribution in [3.63, 3.8) is 0 Å². The highest BCUT2D eigenvalue weighted by Crippen LogP contribution is 2.33. The Bertz CT molecular complexity index is 1090. The number of hydrogen-bond acceptors (Lipinski definition) is 6. The molecule has 3 aromatic rings. The average molecular weight is 428 g/mol. The van der Waals surface area contributed by atoms with Gasteiger partial charge in [-0.3, -0.25) is 14.7 Å². The summed E-state index contributed by atoms with van der Waals surface area (Å²) in [6.07, 6.45) is 5.99. The minimum Gasteiger partial charge on any atom is -0.269 e. The van der Waals surface area contributed by atoms with Gasteiger partial charge in [-0.15, -0.1) is 11.3 Å². The summed E-state index contributed by atoms with van der Waals surface area (Å²) in [4.78, 5) is 22.8. The monoisotopic (exact) mass is 427 g/mol. The summed E-state index contributed by atoms with van der Waals surface area (Å²) in [5.74, 6) is -0.234. The number of pyridine rings is 1. The van der Waals surface area contributed by atoms with Crippen LogP contribution in [0, 0.1) is 0 Å². The molecule has 0 unspecified atom stereocenters. The van der Waals surface area contributed by atoms with E-state index in [0.29, 0.717) is 17.2 Å². The van der Waals surface area contributed by atoms with Gasteiger partial charge in [0.05, 0.1) is 22.0 Å². The van der Waals surface area contributed by atoms with Crippen LogP contribution in [-0.4, -0.2) is 30.0 Å². The summed E-state index contributed by atoms with van der Waals surface area (Å²) >= 11 is 1.32. The molecule has 0 aliphatic heterocycles. The maximum Gasteiger partial charge on any atom is 0.256 e. The van der Waals surface area contributed by atoms with Crippen molar-refractivity contribution in [3.05, 3.63) is 66.8 Å². The fraction of sp³-hybridized carbons (Fsp3) is 0.190. The number of nitrogens with zero attached hydrogens (tertiary/aromatic N) is 3. The van der Waals surface area contributed by atoms with Gasteiger partial charge in [0.25, 0.3) is 5.91 Å². The van der Waals surface area contributed by atoms with Gasteiger partial charge in [-0.2, -0.15) is 0 Å². The quantitative estimate of drug-likeness (QED) is 0.490. The van der Waals surface area contributed by atoms with Crippen molar-refractivity contribution in [2.45, 2.75) is 24.7 Å². The molecule has 0 saturated heterocycles. The molecular formula is C21H21N3O3S2. The smallest absolute Gasteiger partial charge is 0.256 e. The van der Waals surface area contributed by atoms with Gasteiger partial charge in [-0.05, 0) is 48.9 Å². The molecule has 3 rings (SSSR count). The Kier molecular flexibility index (Phi) is 6.56. The highest BCUT2D eigenvalue weighted by Gasteiger charge is 2.21. The summed E-state index contributed by atoms with van der Waals surface area (Å²) in [5, 5.41) is 2.33. The highest BCUT2D eigenvalue weighted by molar-refractivity contribution is 7.91. The zero-order valence-corrected chi connectivity index (χ0v) is 17.6. The SMILES string of the molecule is C=CC(=O)N(c1ccc(S(=O)(=O)CCCC)cc1)c1nc(-c2ccncc2)cs1. The molecular weight excluding hydrogens is 406 g/mol. The van der Waals surface area contributed by atoms with Crippen LogP contribution in [0.25, 0.3) is 11.3 Å². The summed E-state index contributed by atoms with van der Waals surface area (Å²) in [7, 11) is -3.33. The van der Waals surface area contributed by atoms with Crippen molar-refractivity contribution in [1.29, 1.82) is 0 Å². The standard InChI is InChI=1S/C21H21N3O3S2/c1-3-5-14-29(26,27)18-8-6-17(7-9-18)24(20(25)4-2)21-23-19(15-28-21)16-10-12-22-13-11-16/h4,6-13,15H,2-3,5,14H2,1H3. The van der Waals surface area contributed by atoms with Crippen LogP contribution in [0.15, 0.2) is 71.7 Å². The molecule has 29 heavy (non-hydrogen) atoms. The lowest BCUT2D eigenvalue weighted by atomic mass is 10.2. The number of carbonyl (C=O) groups excluding carboxylic acids is 1. The molecule has 0 atom stereocenters. The molecule has 0 aliphatic rings. The maximum atomic E-state index is 12.5. The zero-order chi connectivity index (χ0) is 20.9. The van der Waals surface area contributed by atoms with E-state index in [1.54, 1.807) is 24.5 Å². The van der Waals surface area contributed by atoms with Gasteiger partial charge in [0, 0.05) is 23.3 Å². The first-order valence-electron chi connectivity index (χ1n) is 9.11. The lowest BCUT2D eigenvalue weighted by Crippen LogP contribution is -2.23. The topological polar surface area (TPSA) is 80.2 Å². The molecule has 6 nitrogen and oxygen atoms in total. The zero-order valence-electron chi connectivity index (χ0n) is 16.0. The van der Waals surface area contributed by atoms with Gasteiger partial charge in [0.2, 0.25) is 0 Å². The van der Waals surface area contributed by atoms with Crippen molar-refractivity contribution in [3.8, 4) is 11.3 Å². The Morgan fingerprint density at radius 1 is 1.17 bits per heavy atom. The van der Waals surface area contributed by atoms with E-state index in [0.717, 1.165) is 17.7 Å². The molecule has 1 amide bonds. The molecule has 0 spiro atoms. The van der Waals surface area contributed by atoms with E-state index in [-0.39, 0.29) is 16.6 Å². The Morgan fingerprint density at radius 2 is 1.86 bits per heavy atom. The number of rotatable bonds is 8. The van der Waals surface area contributed by atoms with E-state index in [2.05, 4.69) is 16.5 Å². The number of amides is 1. The molecule has 8 heteroatoms. The van der Waals surface area contributed by atoms with E-state index in [4.69, 9.17) is 0 Å². The van der Waals surface area contributed by atoms with Gasteiger partial charge < -0.3 is 0 Å². The number of thiazole rings is 1. The molecule has 1 aromatic carbocycles. The van der Waals surface area contributed by atoms with Crippen molar-refractivity contribution in [2.75, 3.05) is 10.7 Å². The molecule has 150 valence electrons. The number of unbranched alkanes of at least 4 members (excludes halogenated alkanes) is 1. The van der Waals surface area contributed by atoms with Crippen LogP contribution in [0.1, 0.15) is 19.8 Å². The number of benzene rings is 1. The average Bonchev–Trinajstić information content (AvgIpc) is 3.23. The second-order valence-corrected chi connectivity index (χ2v) is 9.24. The van der Waals surface area contributed by atoms with Crippen LogP contribution in [0.3, 0.4) is 0 Å². The third-order valence-corrected chi connectivity index (χ3v) is 6.92. The molecule has 0 aliphatic carbocycles. The van der Waals surface area contributed by atoms with Crippen LogP contribution < -0.4 is 4.90 Å². The largest absolute Gasteiger partial charge is 0.269 e. The molecule has 0 saturated carbocycles. The Balaban J connectivity index is 1.93. The number of anilines is 2. The Hall–Kier alpha value is -2.84. The molecule has 0 radical (unpaired) electrons. The first kappa shape index (κ1) is 20.9. The molecule has 2 aromatic heterocycles. The third kappa shape index (κ3) is 4.78. The van der Waals surface area contributed by atoms with Crippen LogP contribution in [0.2, 0.25) is 0 Å². The van der Waals surface area contributed by atoms with Crippen molar-refractivity contribution >= 4 is 37.9 Å². The maximum absolute atomic E-state index is 12.5. The van der Waals surface area contributed by atoms with E-state index in [9.17, 15) is 13.2 Å². The summed E-state index contributed by atoms with van der Waals surface area (Å²) in [6.45, 7) is 5.52. The van der Waals surface area contributed by atoms with Crippen molar-refractivity contribution in [1.82, 2.24) is 9.97 Å². The lowest BCUT2D eigenvalue weighted by Gasteiger charge is -2.18. The minimum atomic E-state index is -3.33. The highest BCUT2D eigenvalue weighted by atomic mass is 32.2. The van der Waals surface area contributed by atoms with Gasteiger partial charge >= 0.3 is 0 Å². The predicted molar refractivity (Wildman–Crippen MR) is 116 cm³/mol. The lowest BCUT2D eigenvalue weighted by molar-refractivity contribution is -0.113. The van der Waals surface area contributed by atoms with Crippen LogP contribution >= 0.6 is 11.3 Å². The fourth-order valence-corrected chi connectivity index (χ4v) is 5.01. The minimum absolute atomic E-state index is 0.111. The summed E-state index contributed by atoms with van der Waals surface area (Å²) in [5.41, 5.74) is 2.15. The fourth-order valence-electron chi connectivity index (χ4n) is 2.70. The van der Waals surface area contributed by atoms with Gasteiger partial charge in [-0.1, -0.05) is 19.9 Å². The molecule has 2 heterocycles.